The summed E-state index contributed by atoms with van der Waals surface area (Å²) in [5.41, 5.74) is 8.03. The number of nitrogens with one attached hydrogen (secondary N) is 2. The number of Topliss-reactive ketones (excluding diaryl/α,β-unsaturated/α-hetero) is 1. The van der Waals surface area contributed by atoms with Crippen LogP contribution in [0.4, 0.5) is 15.8 Å². The van der Waals surface area contributed by atoms with Gasteiger partial charge in [0.1, 0.15) is 16.2 Å². The largest absolute Gasteiger partial charge is 0.399 e. The summed E-state index contributed by atoms with van der Waals surface area (Å²) in [4.78, 5) is 42.3. The summed E-state index contributed by atoms with van der Waals surface area (Å²) in [6.45, 7) is 1.41. The summed E-state index contributed by atoms with van der Waals surface area (Å²) < 4.78 is 13.4. The Morgan fingerprint density at radius 1 is 0.972 bits per heavy atom. The Labute approximate surface area is 215 Å². The Hall–Kier alpha value is -3.95. The highest BCUT2D eigenvalue weighted by molar-refractivity contribution is 8.15. The van der Waals surface area contributed by atoms with Crippen LogP contribution >= 0.6 is 23.4 Å². The van der Waals surface area contributed by atoms with E-state index in [9.17, 15) is 18.8 Å². The van der Waals surface area contributed by atoms with E-state index in [-0.39, 0.29) is 27.7 Å². The summed E-state index contributed by atoms with van der Waals surface area (Å²) in [5.74, 6) is -1.62. The minimum absolute atomic E-state index is 0.0760. The van der Waals surface area contributed by atoms with E-state index in [0.29, 0.717) is 22.0 Å². The molecule has 4 N–H and O–H groups in total. The number of nitrogens with two attached hydrogens (primary N) is 1. The molecule has 2 amide bonds. The molecule has 0 bridgehead atoms. The number of hydrogen-bond acceptors (Lipinski definition) is 6. The molecule has 3 aromatic carbocycles. The molecule has 1 atom stereocenters. The molecule has 10 heteroatoms. The molecular formula is C26H20ClFN4O3S. The van der Waals surface area contributed by atoms with Gasteiger partial charge < -0.3 is 16.4 Å². The number of halogens is 2. The lowest BCUT2D eigenvalue weighted by Crippen LogP contribution is -2.35. The monoisotopic (exact) mass is 522 g/mol. The van der Waals surface area contributed by atoms with E-state index in [4.69, 9.17) is 17.3 Å². The first-order valence-corrected chi connectivity index (χ1v) is 12.0. The van der Waals surface area contributed by atoms with Crippen molar-refractivity contribution in [2.45, 2.75) is 12.3 Å². The Morgan fingerprint density at radius 2 is 1.67 bits per heavy atom. The highest BCUT2D eigenvalue weighted by Crippen LogP contribution is 2.34. The fraction of sp³-hybridized carbons (Fsp3) is 0.0769. The quantitative estimate of drug-likeness (QED) is 0.391. The molecule has 36 heavy (non-hydrogen) atoms. The molecule has 182 valence electrons. The van der Waals surface area contributed by atoms with Crippen LogP contribution in [0, 0.1) is 5.82 Å². The summed E-state index contributed by atoms with van der Waals surface area (Å²) >= 11 is 7.09. The first-order valence-electron chi connectivity index (χ1n) is 10.7. The van der Waals surface area contributed by atoms with E-state index < -0.39 is 23.0 Å². The van der Waals surface area contributed by atoms with Crippen molar-refractivity contribution < 1.29 is 18.8 Å². The predicted octanol–water partition coefficient (Wildman–Crippen LogP) is 5.07. The third-order valence-corrected chi connectivity index (χ3v) is 6.54. The number of anilines is 1. The van der Waals surface area contributed by atoms with Gasteiger partial charge in [-0.15, -0.1) is 0 Å². The van der Waals surface area contributed by atoms with Crippen molar-refractivity contribution >= 4 is 57.4 Å². The van der Waals surface area contributed by atoms with E-state index in [1.807, 2.05) is 0 Å². The molecule has 0 unspecified atom stereocenters. The number of benzene rings is 3. The van der Waals surface area contributed by atoms with Gasteiger partial charge in [-0.05, 0) is 61.5 Å². The van der Waals surface area contributed by atoms with Gasteiger partial charge in [0.2, 0.25) is 0 Å². The lowest BCUT2D eigenvalue weighted by atomic mass is 10.1. The van der Waals surface area contributed by atoms with Crippen LogP contribution in [-0.4, -0.2) is 28.0 Å². The normalized spacial score (nSPS) is 16.2. The van der Waals surface area contributed by atoms with Crippen LogP contribution in [0.5, 0.6) is 0 Å². The zero-order valence-corrected chi connectivity index (χ0v) is 20.5. The van der Waals surface area contributed by atoms with Crippen molar-refractivity contribution in [1.29, 1.82) is 0 Å². The maximum atomic E-state index is 13.4. The molecular weight excluding hydrogens is 503 g/mol. The van der Waals surface area contributed by atoms with Crippen LogP contribution in [0.3, 0.4) is 0 Å². The van der Waals surface area contributed by atoms with E-state index in [0.717, 1.165) is 11.8 Å². The van der Waals surface area contributed by atoms with Gasteiger partial charge in [-0.1, -0.05) is 41.6 Å². The number of amides is 2. The van der Waals surface area contributed by atoms with Crippen molar-refractivity contribution in [3.8, 4) is 0 Å². The van der Waals surface area contributed by atoms with Gasteiger partial charge in [-0.2, -0.15) is 0 Å². The smallest absolute Gasteiger partial charge is 0.260 e. The fourth-order valence-electron chi connectivity index (χ4n) is 3.38. The van der Waals surface area contributed by atoms with Crippen molar-refractivity contribution in [2.24, 2.45) is 10.7 Å². The second-order valence-corrected chi connectivity index (χ2v) is 9.33. The van der Waals surface area contributed by atoms with Gasteiger partial charge in [0.05, 0.1) is 17.0 Å². The molecule has 0 aliphatic carbocycles. The van der Waals surface area contributed by atoms with Crippen LogP contribution in [0.25, 0.3) is 0 Å². The highest BCUT2D eigenvalue weighted by Gasteiger charge is 2.35. The lowest BCUT2D eigenvalue weighted by Gasteiger charge is -2.13. The van der Waals surface area contributed by atoms with Crippen molar-refractivity contribution in [3.63, 3.8) is 0 Å². The number of rotatable bonds is 6. The Morgan fingerprint density at radius 3 is 2.36 bits per heavy atom. The maximum absolute atomic E-state index is 13.4. The predicted molar refractivity (Wildman–Crippen MR) is 140 cm³/mol. The molecule has 1 aliphatic rings. The molecule has 0 saturated carbocycles. The van der Waals surface area contributed by atoms with Gasteiger partial charge in [0.25, 0.3) is 11.8 Å². The summed E-state index contributed by atoms with van der Waals surface area (Å²) in [6.07, 6.45) is 0. The van der Waals surface area contributed by atoms with Crippen molar-refractivity contribution in [3.05, 3.63) is 106 Å². The molecule has 7 nitrogen and oxygen atoms in total. The number of carbonyl (C=O) groups excluding carboxylic acids is 3. The number of carbonyl (C=O) groups is 3. The third kappa shape index (κ3) is 5.81. The summed E-state index contributed by atoms with van der Waals surface area (Å²) in [6, 6.07) is 18.3. The Kier molecular flexibility index (Phi) is 7.52. The number of aliphatic imine (C=N–C) groups is 1. The van der Waals surface area contributed by atoms with Crippen molar-refractivity contribution in [1.82, 2.24) is 5.32 Å². The number of hydrogen-bond donors (Lipinski definition) is 3. The van der Waals surface area contributed by atoms with E-state index in [2.05, 4.69) is 15.6 Å². The van der Waals surface area contributed by atoms with E-state index >= 15 is 0 Å². The lowest BCUT2D eigenvalue weighted by molar-refractivity contribution is -0.112. The van der Waals surface area contributed by atoms with Crippen molar-refractivity contribution in [2.75, 3.05) is 5.32 Å². The standard InChI is InChI=1S/C26H20ClFN4O3S/c1-14(33)15-4-2-5-16(12-15)23(34)32-26-22(29)21(24(35)30-20-7-3-6-17(27)13-20)25(36-26)31-19-10-8-18(28)9-11-19/h2-13,26H,29H2,1H3,(H,30,35)(H,32,34)/t26-/m1/s1. The fourth-order valence-corrected chi connectivity index (χ4v) is 4.69. The van der Waals surface area contributed by atoms with E-state index in [1.54, 1.807) is 42.5 Å². The molecule has 3 aromatic rings. The zero-order valence-electron chi connectivity index (χ0n) is 18.9. The minimum Gasteiger partial charge on any atom is -0.399 e. The number of nitrogens with zero attached hydrogens (tertiary/aromatic N) is 1. The Balaban J connectivity index is 1.65. The molecule has 0 fully saturated rings. The molecule has 0 radical (unpaired) electrons. The van der Waals surface area contributed by atoms with Crippen LogP contribution in [-0.2, 0) is 4.79 Å². The van der Waals surface area contributed by atoms with E-state index in [1.165, 1.54) is 37.3 Å². The Bertz CT molecular complexity index is 1420. The zero-order chi connectivity index (χ0) is 25.8. The average molecular weight is 523 g/mol. The molecule has 4 rings (SSSR count). The third-order valence-electron chi connectivity index (χ3n) is 5.17. The second-order valence-electron chi connectivity index (χ2n) is 7.80. The molecule has 1 aliphatic heterocycles. The average Bonchev–Trinajstić information content (AvgIpc) is 3.15. The summed E-state index contributed by atoms with van der Waals surface area (Å²) in [5, 5.41) is 5.40. The number of ketones is 1. The summed E-state index contributed by atoms with van der Waals surface area (Å²) in [7, 11) is 0. The maximum Gasteiger partial charge on any atom is 0.260 e. The second kappa shape index (κ2) is 10.8. The highest BCUT2D eigenvalue weighted by atomic mass is 35.5. The number of thioether (sulfide) groups is 1. The topological polar surface area (TPSA) is 114 Å². The minimum atomic E-state index is -0.808. The van der Waals surface area contributed by atoms with Gasteiger partial charge in [-0.25, -0.2) is 9.38 Å². The molecule has 0 spiro atoms. The van der Waals surface area contributed by atoms with Gasteiger partial charge in [0, 0.05) is 21.8 Å². The first kappa shape index (κ1) is 25.2. The SMILES string of the molecule is CC(=O)c1cccc(C(=O)N[C@@H]2SC(=Nc3ccc(F)cc3)C(C(=O)Nc3cccc(Cl)c3)=C2N)c1. The van der Waals surface area contributed by atoms with Crippen LogP contribution in [0.1, 0.15) is 27.6 Å². The first-order chi connectivity index (χ1) is 17.2. The van der Waals surface area contributed by atoms with Crippen LogP contribution < -0.4 is 16.4 Å². The molecule has 1 heterocycles. The van der Waals surface area contributed by atoms with Gasteiger partial charge >= 0.3 is 0 Å². The van der Waals surface area contributed by atoms with Crippen LogP contribution in [0.2, 0.25) is 5.02 Å². The molecule has 0 aromatic heterocycles. The molecule has 0 saturated heterocycles. The van der Waals surface area contributed by atoms with Gasteiger partial charge in [-0.3, -0.25) is 14.4 Å². The van der Waals surface area contributed by atoms with Gasteiger partial charge in [0.15, 0.2) is 5.78 Å². The van der Waals surface area contributed by atoms with Crippen LogP contribution in [0.15, 0.2) is 89.1 Å².